The summed E-state index contributed by atoms with van der Waals surface area (Å²) in [6.45, 7) is 3.98. The summed E-state index contributed by atoms with van der Waals surface area (Å²) in [6, 6.07) is 2.15. The van der Waals surface area contributed by atoms with Crippen LogP contribution in [0.1, 0.15) is 44.5 Å². The number of nitrogens with two attached hydrogens (primary N) is 1. The van der Waals surface area contributed by atoms with Gasteiger partial charge in [0.1, 0.15) is 18.0 Å². The molecular weight excluding hydrogens is 292 g/mol. The molecule has 0 saturated carbocycles. The fraction of sp³-hybridized carbons (Fsp3) is 0.600. The molecule has 0 spiro atoms. The van der Waals surface area contributed by atoms with Gasteiger partial charge in [-0.15, -0.1) is 10.2 Å². The van der Waals surface area contributed by atoms with Gasteiger partial charge in [-0.1, -0.05) is 13.3 Å². The molecule has 0 aliphatic carbocycles. The van der Waals surface area contributed by atoms with Crippen molar-refractivity contribution in [1.82, 2.24) is 24.7 Å². The van der Waals surface area contributed by atoms with Crippen molar-refractivity contribution in [3.63, 3.8) is 0 Å². The minimum Gasteiger partial charge on any atom is -0.370 e. The van der Waals surface area contributed by atoms with Crippen molar-refractivity contribution in [2.45, 2.75) is 38.6 Å². The van der Waals surface area contributed by atoms with E-state index in [1.54, 1.807) is 6.33 Å². The SMILES string of the molecule is CCCCNc1cc(N2CCC[C@@H]2c2nncn2C)nc(N)n1. The first kappa shape index (κ1) is 15.5. The van der Waals surface area contributed by atoms with E-state index < -0.39 is 0 Å². The predicted molar refractivity (Wildman–Crippen MR) is 90.2 cm³/mol. The van der Waals surface area contributed by atoms with Crippen molar-refractivity contribution in [2.24, 2.45) is 7.05 Å². The molecule has 0 unspecified atom stereocenters. The molecule has 1 atom stereocenters. The first-order valence-corrected chi connectivity index (χ1v) is 8.18. The van der Waals surface area contributed by atoms with E-state index in [4.69, 9.17) is 5.73 Å². The zero-order chi connectivity index (χ0) is 16.2. The van der Waals surface area contributed by atoms with Crippen molar-refractivity contribution < 1.29 is 0 Å². The Morgan fingerprint density at radius 3 is 3.00 bits per heavy atom. The topological polar surface area (TPSA) is 97.8 Å². The molecular formula is C15H24N8. The average molecular weight is 316 g/mol. The number of hydrogen-bond acceptors (Lipinski definition) is 7. The minimum atomic E-state index is 0.181. The van der Waals surface area contributed by atoms with Crippen LogP contribution in [0.15, 0.2) is 12.4 Å². The predicted octanol–water partition coefficient (Wildman–Crippen LogP) is 1.74. The van der Waals surface area contributed by atoms with Crippen LogP contribution >= 0.6 is 0 Å². The summed E-state index contributed by atoms with van der Waals surface area (Å²) in [5.41, 5.74) is 5.90. The molecule has 3 heterocycles. The van der Waals surface area contributed by atoms with Crippen LogP contribution < -0.4 is 16.0 Å². The third-order valence-electron chi connectivity index (χ3n) is 4.16. The number of nitrogen functional groups attached to an aromatic ring is 1. The van der Waals surface area contributed by atoms with Gasteiger partial charge < -0.3 is 20.5 Å². The molecule has 2 aromatic rings. The molecule has 1 aliphatic heterocycles. The van der Waals surface area contributed by atoms with Crippen LogP contribution in [0.4, 0.5) is 17.6 Å². The highest BCUT2D eigenvalue weighted by molar-refractivity contribution is 5.54. The summed E-state index contributed by atoms with van der Waals surface area (Å²) in [5, 5.41) is 11.6. The van der Waals surface area contributed by atoms with E-state index in [1.807, 2.05) is 17.7 Å². The van der Waals surface area contributed by atoms with Crippen molar-refractivity contribution >= 4 is 17.6 Å². The zero-order valence-corrected chi connectivity index (χ0v) is 13.7. The van der Waals surface area contributed by atoms with E-state index in [0.717, 1.165) is 56.2 Å². The Morgan fingerprint density at radius 1 is 1.39 bits per heavy atom. The van der Waals surface area contributed by atoms with Gasteiger partial charge in [0.15, 0.2) is 5.82 Å². The normalized spacial score (nSPS) is 17.7. The number of unbranched alkanes of at least 4 members (excludes halogenated alkanes) is 1. The van der Waals surface area contributed by atoms with Gasteiger partial charge in [-0.05, 0) is 19.3 Å². The van der Waals surface area contributed by atoms with Gasteiger partial charge in [-0.3, -0.25) is 0 Å². The number of aromatic nitrogens is 5. The standard InChI is InChI=1S/C15H24N8/c1-3-4-7-17-12-9-13(20-15(16)19-12)23-8-5-6-11(23)14-21-18-10-22(14)2/h9-11H,3-8H2,1-2H3,(H3,16,17,19,20)/t11-/m1/s1. The summed E-state index contributed by atoms with van der Waals surface area (Å²) < 4.78 is 1.97. The maximum absolute atomic E-state index is 5.90. The second kappa shape index (κ2) is 6.80. The molecule has 8 nitrogen and oxygen atoms in total. The van der Waals surface area contributed by atoms with Crippen molar-refractivity contribution in [3.05, 3.63) is 18.2 Å². The number of nitrogens with zero attached hydrogens (tertiary/aromatic N) is 6. The molecule has 0 aromatic carbocycles. The molecule has 2 aromatic heterocycles. The second-order valence-electron chi connectivity index (χ2n) is 5.90. The third kappa shape index (κ3) is 3.35. The van der Waals surface area contributed by atoms with E-state index in [2.05, 4.69) is 37.3 Å². The van der Waals surface area contributed by atoms with Gasteiger partial charge in [0.2, 0.25) is 5.95 Å². The Bertz CT molecular complexity index is 653. The maximum atomic E-state index is 5.90. The van der Waals surface area contributed by atoms with Crippen molar-refractivity contribution in [3.8, 4) is 0 Å². The molecule has 1 saturated heterocycles. The van der Waals surface area contributed by atoms with Gasteiger partial charge in [0.05, 0.1) is 6.04 Å². The average Bonchev–Trinajstić information content (AvgIpc) is 3.15. The van der Waals surface area contributed by atoms with Crippen LogP contribution in [0.3, 0.4) is 0 Å². The van der Waals surface area contributed by atoms with E-state index in [9.17, 15) is 0 Å². The summed E-state index contributed by atoms with van der Waals surface area (Å²) in [6.07, 6.45) is 6.11. The monoisotopic (exact) mass is 316 g/mol. The summed E-state index contributed by atoms with van der Waals surface area (Å²) in [7, 11) is 1.97. The van der Waals surface area contributed by atoms with Crippen LogP contribution in [-0.4, -0.2) is 37.8 Å². The third-order valence-corrected chi connectivity index (χ3v) is 4.16. The molecule has 8 heteroatoms. The van der Waals surface area contributed by atoms with Gasteiger partial charge in [-0.25, -0.2) is 0 Å². The molecule has 1 fully saturated rings. The Hall–Kier alpha value is -2.38. The van der Waals surface area contributed by atoms with Gasteiger partial charge in [-0.2, -0.15) is 9.97 Å². The molecule has 3 rings (SSSR count). The van der Waals surface area contributed by atoms with E-state index >= 15 is 0 Å². The maximum Gasteiger partial charge on any atom is 0.223 e. The number of anilines is 3. The highest BCUT2D eigenvalue weighted by Crippen LogP contribution is 2.34. The molecule has 0 radical (unpaired) electrons. The smallest absolute Gasteiger partial charge is 0.223 e. The Morgan fingerprint density at radius 2 is 2.26 bits per heavy atom. The number of aryl methyl sites for hydroxylation is 1. The van der Waals surface area contributed by atoms with Gasteiger partial charge in [0, 0.05) is 26.2 Å². The van der Waals surface area contributed by atoms with Crippen LogP contribution in [0, 0.1) is 0 Å². The fourth-order valence-corrected chi connectivity index (χ4v) is 2.99. The highest BCUT2D eigenvalue weighted by Gasteiger charge is 2.30. The van der Waals surface area contributed by atoms with Crippen molar-refractivity contribution in [1.29, 1.82) is 0 Å². The number of rotatable bonds is 6. The molecule has 3 N–H and O–H groups in total. The molecule has 0 amide bonds. The van der Waals surface area contributed by atoms with E-state index in [-0.39, 0.29) is 6.04 Å². The fourth-order valence-electron chi connectivity index (χ4n) is 2.99. The lowest BCUT2D eigenvalue weighted by molar-refractivity contribution is 0.625. The Labute approximate surface area is 136 Å². The lowest BCUT2D eigenvalue weighted by atomic mass is 10.2. The van der Waals surface area contributed by atoms with Crippen LogP contribution in [0.25, 0.3) is 0 Å². The molecule has 124 valence electrons. The second-order valence-corrected chi connectivity index (χ2v) is 5.90. The van der Waals surface area contributed by atoms with Crippen molar-refractivity contribution in [2.75, 3.05) is 29.0 Å². The Balaban J connectivity index is 1.83. The molecule has 23 heavy (non-hydrogen) atoms. The van der Waals surface area contributed by atoms with E-state index in [0.29, 0.717) is 5.95 Å². The number of hydrogen-bond donors (Lipinski definition) is 2. The lowest BCUT2D eigenvalue weighted by Gasteiger charge is -2.25. The van der Waals surface area contributed by atoms with Crippen LogP contribution in [0.2, 0.25) is 0 Å². The summed E-state index contributed by atoms with van der Waals surface area (Å²) >= 11 is 0. The minimum absolute atomic E-state index is 0.181. The number of nitrogens with one attached hydrogen (secondary N) is 1. The first-order chi connectivity index (χ1) is 11.2. The van der Waals surface area contributed by atoms with Crippen LogP contribution in [0.5, 0.6) is 0 Å². The zero-order valence-electron chi connectivity index (χ0n) is 13.7. The quantitative estimate of drug-likeness (QED) is 0.783. The first-order valence-electron chi connectivity index (χ1n) is 8.18. The largest absolute Gasteiger partial charge is 0.370 e. The highest BCUT2D eigenvalue weighted by atomic mass is 15.3. The van der Waals surface area contributed by atoms with Crippen LogP contribution in [-0.2, 0) is 7.05 Å². The summed E-state index contributed by atoms with van der Waals surface area (Å²) in [5.74, 6) is 2.89. The Kier molecular flexibility index (Phi) is 4.59. The molecule has 1 aliphatic rings. The van der Waals surface area contributed by atoms with Gasteiger partial charge in [0.25, 0.3) is 0 Å². The van der Waals surface area contributed by atoms with E-state index in [1.165, 1.54) is 0 Å². The molecule has 0 bridgehead atoms. The van der Waals surface area contributed by atoms with Gasteiger partial charge >= 0.3 is 0 Å². The lowest BCUT2D eigenvalue weighted by Crippen LogP contribution is -2.26. The summed E-state index contributed by atoms with van der Waals surface area (Å²) in [4.78, 5) is 11.0.